The van der Waals surface area contributed by atoms with E-state index in [9.17, 15) is 0 Å². The Bertz CT molecular complexity index is 928. The topological polar surface area (TPSA) is 66.0 Å². The lowest BCUT2D eigenvalue weighted by Gasteiger charge is -2.35. The highest BCUT2D eigenvalue weighted by Gasteiger charge is 2.27. The van der Waals surface area contributed by atoms with Gasteiger partial charge in [-0.15, -0.1) is 0 Å². The summed E-state index contributed by atoms with van der Waals surface area (Å²) in [5.41, 5.74) is 4.62. The lowest BCUT2D eigenvalue weighted by Crippen LogP contribution is -2.46. The van der Waals surface area contributed by atoms with E-state index in [1.54, 1.807) is 6.20 Å². The van der Waals surface area contributed by atoms with E-state index in [-0.39, 0.29) is 0 Å². The molecule has 1 aromatic carbocycles. The van der Waals surface area contributed by atoms with Crippen molar-refractivity contribution in [2.45, 2.75) is 19.1 Å². The molecule has 0 aliphatic carbocycles. The minimum Gasteiger partial charge on any atom is -0.353 e. The summed E-state index contributed by atoms with van der Waals surface area (Å²) in [5, 5.41) is 7.07. The second-order valence-corrected chi connectivity index (χ2v) is 7.00. The second kappa shape index (κ2) is 7.06. The summed E-state index contributed by atoms with van der Waals surface area (Å²) in [6.45, 7) is 4.41. The Morgan fingerprint density at radius 1 is 1.00 bits per heavy atom. The van der Waals surface area contributed by atoms with Gasteiger partial charge in [0.15, 0.2) is 5.82 Å². The molecule has 0 spiro atoms. The Hall–Kier alpha value is -2.83. The molecular weight excluding hydrogens is 336 g/mol. The van der Waals surface area contributed by atoms with Crippen LogP contribution in [0.15, 0.2) is 54.9 Å². The smallest absolute Gasteiger partial charge is 0.163 e. The van der Waals surface area contributed by atoms with Crippen molar-refractivity contribution in [3.05, 3.63) is 71.7 Å². The summed E-state index contributed by atoms with van der Waals surface area (Å²) < 4.78 is 0. The maximum Gasteiger partial charge on any atom is 0.163 e. The van der Waals surface area contributed by atoms with Crippen molar-refractivity contribution in [3.8, 4) is 11.4 Å². The van der Waals surface area contributed by atoms with Crippen molar-refractivity contribution in [2.24, 2.45) is 0 Å². The Labute approximate surface area is 158 Å². The van der Waals surface area contributed by atoms with Crippen molar-refractivity contribution < 1.29 is 0 Å². The molecule has 136 valence electrons. The number of benzene rings is 1. The van der Waals surface area contributed by atoms with Crippen molar-refractivity contribution in [2.75, 3.05) is 24.5 Å². The summed E-state index contributed by atoms with van der Waals surface area (Å²) in [4.78, 5) is 16.4. The molecule has 0 bridgehead atoms. The minimum absolute atomic E-state index is 0.307. The molecule has 0 unspecified atom stereocenters. The van der Waals surface area contributed by atoms with Crippen molar-refractivity contribution in [1.82, 2.24) is 25.6 Å². The molecule has 2 aromatic heterocycles. The molecular formula is C21H22N6. The third-order valence-corrected chi connectivity index (χ3v) is 5.26. The molecule has 0 saturated carbocycles. The van der Waals surface area contributed by atoms with E-state index in [1.807, 2.05) is 18.3 Å². The molecule has 0 radical (unpaired) electrons. The first kappa shape index (κ1) is 16.4. The lowest BCUT2D eigenvalue weighted by atomic mass is 10.0. The summed E-state index contributed by atoms with van der Waals surface area (Å²) in [7, 11) is 0. The summed E-state index contributed by atoms with van der Waals surface area (Å²) in [6.07, 6.45) is 3.61. The summed E-state index contributed by atoms with van der Waals surface area (Å²) in [5.74, 6) is 1.82. The molecule has 3 aromatic rings. The molecule has 1 atom stereocenters. The molecule has 2 aliphatic heterocycles. The maximum atomic E-state index is 4.97. The molecule has 6 nitrogen and oxygen atoms in total. The molecule has 5 rings (SSSR count). The van der Waals surface area contributed by atoms with Crippen molar-refractivity contribution >= 4 is 5.82 Å². The van der Waals surface area contributed by atoms with Gasteiger partial charge in [0.05, 0.1) is 5.69 Å². The van der Waals surface area contributed by atoms with Crippen molar-refractivity contribution in [1.29, 1.82) is 0 Å². The number of anilines is 1. The van der Waals surface area contributed by atoms with Crippen LogP contribution < -0.4 is 15.5 Å². The molecule has 1 saturated heterocycles. The van der Waals surface area contributed by atoms with Crippen LogP contribution in [0.5, 0.6) is 0 Å². The van der Waals surface area contributed by atoms with E-state index in [4.69, 9.17) is 9.97 Å². The number of fused-ring (bicyclic) bond motifs is 1. The number of hydrogen-bond donors (Lipinski definition) is 2. The van der Waals surface area contributed by atoms with Crippen LogP contribution in [-0.2, 0) is 13.1 Å². The zero-order valence-electron chi connectivity index (χ0n) is 15.1. The molecule has 2 aliphatic rings. The average molecular weight is 358 g/mol. The van der Waals surface area contributed by atoms with E-state index in [0.717, 1.165) is 55.6 Å². The highest BCUT2D eigenvalue weighted by molar-refractivity contribution is 5.61. The summed E-state index contributed by atoms with van der Waals surface area (Å²) in [6, 6.07) is 14.9. The standard InChI is InChI=1S/C21H22N6/c1-2-5-15(6-3-1)19-14-27(10-9-24-19)21-17-12-23-13-18(17)25-20(26-21)16-7-4-8-22-11-16/h1-8,11,19,23-24H,9-10,12-14H2/t19-/m0/s1. The van der Waals surface area contributed by atoms with Gasteiger partial charge in [0, 0.05) is 62.3 Å². The number of nitrogens with zero attached hydrogens (tertiary/aromatic N) is 4. The van der Waals surface area contributed by atoms with Crippen LogP contribution in [0.2, 0.25) is 0 Å². The molecule has 4 heterocycles. The van der Waals surface area contributed by atoms with Gasteiger partial charge in [0.2, 0.25) is 0 Å². The Morgan fingerprint density at radius 3 is 2.78 bits per heavy atom. The van der Waals surface area contributed by atoms with Gasteiger partial charge >= 0.3 is 0 Å². The number of piperazine rings is 1. The molecule has 1 fully saturated rings. The van der Waals surface area contributed by atoms with Crippen LogP contribution in [0, 0.1) is 0 Å². The SMILES string of the molecule is c1ccc([C@@H]2CN(c3nc(-c4cccnc4)nc4c3CNC4)CCN2)cc1. The summed E-state index contributed by atoms with van der Waals surface area (Å²) >= 11 is 0. The second-order valence-electron chi connectivity index (χ2n) is 7.00. The van der Waals surface area contributed by atoms with Crippen LogP contribution in [-0.4, -0.2) is 34.6 Å². The van der Waals surface area contributed by atoms with Crippen molar-refractivity contribution in [3.63, 3.8) is 0 Å². The van der Waals surface area contributed by atoms with Crippen LogP contribution >= 0.6 is 0 Å². The third kappa shape index (κ3) is 3.18. The van der Waals surface area contributed by atoms with Gasteiger partial charge in [-0.05, 0) is 17.7 Å². The van der Waals surface area contributed by atoms with Crippen LogP contribution in [0.4, 0.5) is 5.82 Å². The fraction of sp³-hybridized carbons (Fsp3) is 0.286. The number of pyridine rings is 1. The quantitative estimate of drug-likeness (QED) is 0.749. The number of nitrogens with one attached hydrogen (secondary N) is 2. The molecule has 2 N–H and O–H groups in total. The highest BCUT2D eigenvalue weighted by atomic mass is 15.3. The third-order valence-electron chi connectivity index (χ3n) is 5.26. The van der Waals surface area contributed by atoms with Gasteiger partial charge in [-0.25, -0.2) is 9.97 Å². The van der Waals surface area contributed by atoms with Gasteiger partial charge in [0.25, 0.3) is 0 Å². The lowest BCUT2D eigenvalue weighted by molar-refractivity contribution is 0.468. The maximum absolute atomic E-state index is 4.97. The fourth-order valence-electron chi connectivity index (χ4n) is 3.89. The van der Waals surface area contributed by atoms with Crippen LogP contribution in [0.1, 0.15) is 22.9 Å². The number of rotatable bonds is 3. The van der Waals surface area contributed by atoms with Gasteiger partial charge in [-0.1, -0.05) is 30.3 Å². The molecule has 6 heteroatoms. The average Bonchev–Trinajstić information content (AvgIpc) is 3.23. The normalized spacial score (nSPS) is 19.1. The Balaban J connectivity index is 1.51. The van der Waals surface area contributed by atoms with E-state index in [2.05, 4.69) is 50.8 Å². The predicted molar refractivity (Wildman–Crippen MR) is 105 cm³/mol. The number of hydrogen-bond acceptors (Lipinski definition) is 6. The Kier molecular flexibility index (Phi) is 4.27. The van der Waals surface area contributed by atoms with Gasteiger partial charge < -0.3 is 15.5 Å². The van der Waals surface area contributed by atoms with E-state index >= 15 is 0 Å². The Morgan fingerprint density at radius 2 is 1.93 bits per heavy atom. The van der Waals surface area contributed by atoms with Gasteiger partial charge in [-0.2, -0.15) is 0 Å². The number of aromatic nitrogens is 3. The van der Waals surface area contributed by atoms with Gasteiger partial charge in [-0.3, -0.25) is 4.98 Å². The first-order chi connectivity index (χ1) is 13.4. The first-order valence-corrected chi connectivity index (χ1v) is 9.42. The largest absolute Gasteiger partial charge is 0.353 e. The van der Waals surface area contributed by atoms with E-state index in [0.29, 0.717) is 6.04 Å². The van der Waals surface area contributed by atoms with Gasteiger partial charge in [0.1, 0.15) is 5.82 Å². The minimum atomic E-state index is 0.307. The molecule has 27 heavy (non-hydrogen) atoms. The zero-order chi connectivity index (χ0) is 18.1. The fourth-order valence-corrected chi connectivity index (χ4v) is 3.89. The zero-order valence-corrected chi connectivity index (χ0v) is 15.1. The predicted octanol–water partition coefficient (Wildman–Crippen LogP) is 2.29. The highest BCUT2D eigenvalue weighted by Crippen LogP contribution is 2.30. The van der Waals surface area contributed by atoms with Crippen LogP contribution in [0.25, 0.3) is 11.4 Å². The van der Waals surface area contributed by atoms with E-state index < -0.39 is 0 Å². The molecule has 0 amide bonds. The monoisotopic (exact) mass is 358 g/mol. The first-order valence-electron chi connectivity index (χ1n) is 9.42. The van der Waals surface area contributed by atoms with E-state index in [1.165, 1.54) is 11.1 Å². The van der Waals surface area contributed by atoms with Crippen LogP contribution in [0.3, 0.4) is 0 Å².